The van der Waals surface area contributed by atoms with Gasteiger partial charge in [0.05, 0.1) is 17.2 Å². The minimum atomic E-state index is -1.02. The van der Waals surface area contributed by atoms with Crippen molar-refractivity contribution in [3.63, 3.8) is 0 Å². The second-order valence-electron chi connectivity index (χ2n) is 6.65. The van der Waals surface area contributed by atoms with Gasteiger partial charge < -0.3 is 4.74 Å². The maximum Gasteiger partial charge on any atom is 0.543 e. The number of benzene rings is 1. The van der Waals surface area contributed by atoms with Crippen LogP contribution in [0.1, 0.15) is 81.6 Å². The van der Waals surface area contributed by atoms with Crippen LogP contribution in [0.5, 0.6) is 0 Å². The molecule has 0 aliphatic carbocycles. The third-order valence-corrected chi connectivity index (χ3v) is 4.45. The quantitative estimate of drug-likeness (QED) is 0.187. The highest BCUT2D eigenvalue weighted by molar-refractivity contribution is 5.88. The van der Waals surface area contributed by atoms with Crippen LogP contribution in [-0.4, -0.2) is 18.7 Å². The standard InChI is InChI=1S/C21H32O6/c1-4-7-9-11-18-12-14-19(15-13-18)20(22)25-27-26-21(23)24-16-17(6-3)10-8-5-2/h12-15,17H,4-11,16H2,1-3H3. The van der Waals surface area contributed by atoms with Gasteiger partial charge in [0.2, 0.25) is 0 Å². The van der Waals surface area contributed by atoms with Crippen LogP contribution >= 0.6 is 0 Å². The van der Waals surface area contributed by atoms with E-state index in [2.05, 4.69) is 28.7 Å². The first kappa shape index (κ1) is 23.0. The lowest BCUT2D eigenvalue weighted by molar-refractivity contribution is -0.452. The Morgan fingerprint density at radius 3 is 2.26 bits per heavy atom. The second kappa shape index (κ2) is 14.0. The Morgan fingerprint density at radius 2 is 1.63 bits per heavy atom. The Bertz CT molecular complexity index is 540. The number of hydrogen-bond acceptors (Lipinski definition) is 6. The molecule has 6 heteroatoms. The van der Waals surface area contributed by atoms with Gasteiger partial charge in [0.25, 0.3) is 0 Å². The van der Waals surface area contributed by atoms with Gasteiger partial charge in [-0.2, -0.15) is 0 Å². The average molecular weight is 380 g/mol. The second-order valence-corrected chi connectivity index (χ2v) is 6.65. The molecule has 1 unspecified atom stereocenters. The van der Waals surface area contributed by atoms with Crippen molar-refractivity contribution >= 4 is 12.1 Å². The first-order chi connectivity index (χ1) is 13.1. The predicted octanol–water partition coefficient (Wildman–Crippen LogP) is 5.79. The zero-order valence-electron chi connectivity index (χ0n) is 16.7. The van der Waals surface area contributed by atoms with Gasteiger partial charge in [-0.3, -0.25) is 4.89 Å². The highest BCUT2D eigenvalue weighted by Crippen LogP contribution is 2.13. The number of unbranched alkanes of at least 4 members (excludes halogenated alkanes) is 3. The molecule has 0 saturated heterocycles. The zero-order valence-corrected chi connectivity index (χ0v) is 16.7. The molecule has 0 bridgehead atoms. The fraction of sp³-hybridized carbons (Fsp3) is 0.619. The number of hydrogen-bond donors (Lipinski definition) is 0. The van der Waals surface area contributed by atoms with Crippen LogP contribution in [0.15, 0.2) is 24.3 Å². The van der Waals surface area contributed by atoms with Crippen molar-refractivity contribution in [2.45, 2.75) is 72.1 Å². The molecule has 0 saturated carbocycles. The van der Waals surface area contributed by atoms with E-state index < -0.39 is 12.1 Å². The largest absolute Gasteiger partial charge is 0.543 e. The van der Waals surface area contributed by atoms with Crippen LogP contribution in [-0.2, 0) is 26.0 Å². The molecule has 1 aromatic rings. The summed E-state index contributed by atoms with van der Waals surface area (Å²) < 4.78 is 4.96. The minimum absolute atomic E-state index is 0.256. The van der Waals surface area contributed by atoms with Gasteiger partial charge in [0.1, 0.15) is 0 Å². The number of aryl methyl sites for hydroxylation is 1. The first-order valence-corrected chi connectivity index (χ1v) is 9.91. The third-order valence-electron chi connectivity index (χ3n) is 4.45. The van der Waals surface area contributed by atoms with E-state index in [9.17, 15) is 9.59 Å². The summed E-state index contributed by atoms with van der Waals surface area (Å²) in [5, 5.41) is 4.24. The van der Waals surface area contributed by atoms with Gasteiger partial charge in [-0.05, 0) is 42.9 Å². The molecule has 1 rings (SSSR count). The van der Waals surface area contributed by atoms with E-state index in [1.54, 1.807) is 12.1 Å². The van der Waals surface area contributed by atoms with Crippen LogP contribution < -0.4 is 0 Å². The summed E-state index contributed by atoms with van der Waals surface area (Å²) in [4.78, 5) is 32.1. The first-order valence-electron chi connectivity index (χ1n) is 9.91. The average Bonchev–Trinajstić information content (AvgIpc) is 2.68. The Balaban J connectivity index is 2.26. The molecule has 27 heavy (non-hydrogen) atoms. The number of ether oxygens (including phenoxy) is 1. The summed E-state index contributed by atoms with van der Waals surface area (Å²) in [6, 6.07) is 7.07. The van der Waals surface area contributed by atoms with E-state index in [-0.39, 0.29) is 12.5 Å². The molecule has 0 N–H and O–H groups in total. The molecule has 0 aliphatic rings. The molecule has 0 spiro atoms. The van der Waals surface area contributed by atoms with Gasteiger partial charge in [-0.1, -0.05) is 65.0 Å². The molecule has 6 nitrogen and oxygen atoms in total. The van der Waals surface area contributed by atoms with Crippen LogP contribution in [0.25, 0.3) is 0 Å². The summed E-state index contributed by atoms with van der Waals surface area (Å²) in [7, 11) is 0. The molecule has 0 amide bonds. The highest BCUT2D eigenvalue weighted by Gasteiger charge is 2.14. The van der Waals surface area contributed by atoms with E-state index in [0.717, 1.165) is 44.1 Å². The maximum atomic E-state index is 11.8. The highest BCUT2D eigenvalue weighted by atomic mass is 17.5. The lowest BCUT2D eigenvalue weighted by atomic mass is 10.0. The predicted molar refractivity (Wildman–Crippen MR) is 102 cm³/mol. The van der Waals surface area contributed by atoms with Gasteiger partial charge in [-0.25, -0.2) is 14.5 Å². The molecule has 0 fully saturated rings. The number of rotatable bonds is 13. The van der Waals surface area contributed by atoms with Gasteiger partial charge in [-0.15, -0.1) is 0 Å². The van der Waals surface area contributed by atoms with Crippen LogP contribution in [0.4, 0.5) is 4.79 Å². The fourth-order valence-corrected chi connectivity index (χ4v) is 2.62. The summed E-state index contributed by atoms with van der Waals surface area (Å²) in [5.41, 5.74) is 1.48. The lowest BCUT2D eigenvalue weighted by Crippen LogP contribution is -2.16. The molecule has 0 heterocycles. The molecule has 1 aromatic carbocycles. The van der Waals surface area contributed by atoms with E-state index in [0.29, 0.717) is 5.56 Å². The van der Waals surface area contributed by atoms with E-state index in [1.807, 2.05) is 19.1 Å². The molecule has 0 aliphatic heterocycles. The summed E-state index contributed by atoms with van der Waals surface area (Å²) >= 11 is 0. The minimum Gasteiger partial charge on any atom is -0.432 e. The van der Waals surface area contributed by atoms with E-state index in [1.165, 1.54) is 12.8 Å². The van der Waals surface area contributed by atoms with Crippen LogP contribution in [0.3, 0.4) is 0 Å². The lowest BCUT2D eigenvalue weighted by Gasteiger charge is -2.13. The van der Waals surface area contributed by atoms with Crippen molar-refractivity contribution < 1.29 is 29.1 Å². The Labute approximate surface area is 162 Å². The van der Waals surface area contributed by atoms with Crippen molar-refractivity contribution in [3.8, 4) is 0 Å². The van der Waals surface area contributed by atoms with Crippen LogP contribution in [0.2, 0.25) is 0 Å². The summed E-state index contributed by atoms with van der Waals surface area (Å²) in [5.74, 6) is -0.451. The Kier molecular flexibility index (Phi) is 11.9. The van der Waals surface area contributed by atoms with Crippen molar-refractivity contribution in [2.24, 2.45) is 5.92 Å². The SMILES string of the molecule is CCCCCc1ccc(C(=O)OOOC(=O)OCC(CC)CCCC)cc1. The number of carbonyl (C=O) groups excluding carboxylic acids is 2. The topological polar surface area (TPSA) is 71.1 Å². The summed E-state index contributed by atoms with van der Waals surface area (Å²) in [6.45, 7) is 6.57. The molecule has 0 radical (unpaired) electrons. The monoisotopic (exact) mass is 380 g/mol. The van der Waals surface area contributed by atoms with Gasteiger partial charge in [0.15, 0.2) is 0 Å². The van der Waals surface area contributed by atoms with Crippen molar-refractivity contribution in [3.05, 3.63) is 35.4 Å². The normalized spacial score (nSPS) is 11.7. The molecule has 0 aromatic heterocycles. The molecule has 1 atom stereocenters. The maximum absolute atomic E-state index is 11.8. The van der Waals surface area contributed by atoms with E-state index >= 15 is 0 Å². The summed E-state index contributed by atoms with van der Waals surface area (Å²) in [6.07, 6.45) is 7.51. The van der Waals surface area contributed by atoms with Gasteiger partial charge >= 0.3 is 12.1 Å². The zero-order chi connectivity index (χ0) is 19.9. The van der Waals surface area contributed by atoms with Crippen molar-refractivity contribution in [1.29, 1.82) is 0 Å². The Hall–Kier alpha value is -2.08. The fourth-order valence-electron chi connectivity index (χ4n) is 2.62. The van der Waals surface area contributed by atoms with Crippen LogP contribution in [0, 0.1) is 5.92 Å². The molecular formula is C21H32O6. The van der Waals surface area contributed by atoms with E-state index in [4.69, 9.17) is 4.74 Å². The number of carbonyl (C=O) groups is 2. The molecule has 152 valence electrons. The third kappa shape index (κ3) is 9.99. The Morgan fingerprint density at radius 1 is 0.926 bits per heavy atom. The van der Waals surface area contributed by atoms with Crippen molar-refractivity contribution in [1.82, 2.24) is 0 Å². The van der Waals surface area contributed by atoms with Crippen molar-refractivity contribution in [2.75, 3.05) is 6.61 Å². The molecular weight excluding hydrogens is 348 g/mol. The smallest absolute Gasteiger partial charge is 0.432 e. The van der Waals surface area contributed by atoms with Gasteiger partial charge in [0, 0.05) is 0 Å².